The molecule has 116 valence electrons. The fourth-order valence-corrected chi connectivity index (χ4v) is 2.73. The highest BCUT2D eigenvalue weighted by Crippen LogP contribution is 2.32. The van der Waals surface area contributed by atoms with Gasteiger partial charge < -0.3 is 0 Å². The lowest BCUT2D eigenvalue weighted by molar-refractivity contribution is 0.237. The van der Waals surface area contributed by atoms with Gasteiger partial charge in [-0.05, 0) is 59.6 Å². The lowest BCUT2D eigenvalue weighted by Gasteiger charge is -2.31. The Balaban J connectivity index is 2.16. The third-order valence-corrected chi connectivity index (χ3v) is 4.43. The first-order chi connectivity index (χ1) is 10.9. The number of terminal acetylenes is 2. The molecule has 2 rings (SSSR count). The van der Waals surface area contributed by atoms with Crippen LogP contribution in [0, 0.1) is 36.0 Å². The Morgan fingerprint density at radius 2 is 1.09 bits per heavy atom. The standard InChI is InChI=1S/C23H24/c1-6-18-8-12-20(13-9-18)16-22(23(3,4)5)17-21-14-10-19(7-2)11-15-21/h1-2,8-15,22H,16-17H2,3-5H3. The monoisotopic (exact) mass is 300 g/mol. The van der Waals surface area contributed by atoms with Crippen molar-refractivity contribution in [2.45, 2.75) is 33.6 Å². The van der Waals surface area contributed by atoms with E-state index in [1.54, 1.807) is 0 Å². The summed E-state index contributed by atoms with van der Waals surface area (Å²) >= 11 is 0. The summed E-state index contributed by atoms with van der Waals surface area (Å²) in [6.45, 7) is 6.93. The van der Waals surface area contributed by atoms with Gasteiger partial charge in [0.1, 0.15) is 0 Å². The zero-order valence-electron chi connectivity index (χ0n) is 14.3. The van der Waals surface area contributed by atoms with Crippen LogP contribution in [0.15, 0.2) is 48.5 Å². The summed E-state index contributed by atoms with van der Waals surface area (Å²) in [6, 6.07) is 16.7. The van der Waals surface area contributed by atoms with E-state index in [1.165, 1.54) is 11.1 Å². The summed E-state index contributed by atoms with van der Waals surface area (Å²) in [6.07, 6.45) is 13.0. The molecule has 0 bridgehead atoms. The minimum absolute atomic E-state index is 0.232. The van der Waals surface area contributed by atoms with Crippen molar-refractivity contribution in [2.24, 2.45) is 11.3 Å². The van der Waals surface area contributed by atoms with Gasteiger partial charge in [0.05, 0.1) is 0 Å². The summed E-state index contributed by atoms with van der Waals surface area (Å²) in [4.78, 5) is 0. The molecule has 0 atom stereocenters. The summed E-state index contributed by atoms with van der Waals surface area (Å²) in [5.41, 5.74) is 4.78. The van der Waals surface area contributed by atoms with Crippen LogP contribution in [0.25, 0.3) is 0 Å². The van der Waals surface area contributed by atoms with Crippen molar-refractivity contribution in [3.63, 3.8) is 0 Å². The molecule has 2 aromatic rings. The van der Waals surface area contributed by atoms with Crippen LogP contribution in [0.3, 0.4) is 0 Å². The number of hydrogen-bond acceptors (Lipinski definition) is 0. The zero-order chi connectivity index (χ0) is 16.9. The van der Waals surface area contributed by atoms with Crippen LogP contribution in [0.2, 0.25) is 0 Å². The molecular formula is C23H24. The average Bonchev–Trinajstić information content (AvgIpc) is 2.54. The molecule has 0 saturated carbocycles. The van der Waals surface area contributed by atoms with E-state index in [0.717, 1.165) is 24.0 Å². The molecule has 0 aliphatic carbocycles. The van der Waals surface area contributed by atoms with E-state index in [4.69, 9.17) is 12.8 Å². The molecule has 0 fully saturated rings. The van der Waals surface area contributed by atoms with E-state index in [1.807, 2.05) is 24.3 Å². The first-order valence-corrected chi connectivity index (χ1v) is 8.03. The Labute approximate surface area is 141 Å². The molecule has 0 amide bonds. The molecule has 0 saturated heterocycles. The largest absolute Gasteiger partial charge is 0.115 e. The molecular weight excluding hydrogens is 276 g/mol. The normalized spacial score (nSPS) is 11.0. The molecule has 0 heterocycles. The van der Waals surface area contributed by atoms with Crippen molar-refractivity contribution in [3.05, 3.63) is 70.8 Å². The maximum absolute atomic E-state index is 5.43. The second kappa shape index (κ2) is 7.21. The van der Waals surface area contributed by atoms with Crippen LogP contribution in [0.1, 0.15) is 43.0 Å². The van der Waals surface area contributed by atoms with E-state index in [-0.39, 0.29) is 5.41 Å². The Morgan fingerprint density at radius 3 is 1.35 bits per heavy atom. The molecule has 0 aliphatic rings. The Bertz CT molecular complexity index is 651. The fraction of sp³-hybridized carbons (Fsp3) is 0.304. The third-order valence-electron chi connectivity index (χ3n) is 4.43. The van der Waals surface area contributed by atoms with Crippen molar-refractivity contribution < 1.29 is 0 Å². The predicted octanol–water partition coefficient (Wildman–Crippen LogP) is 5.10. The minimum atomic E-state index is 0.232. The van der Waals surface area contributed by atoms with Crippen molar-refractivity contribution in [1.29, 1.82) is 0 Å². The molecule has 0 heteroatoms. The average molecular weight is 300 g/mol. The second-order valence-electron chi connectivity index (χ2n) is 7.15. The van der Waals surface area contributed by atoms with E-state index < -0.39 is 0 Å². The first kappa shape index (κ1) is 16.9. The van der Waals surface area contributed by atoms with Gasteiger partial charge in [0, 0.05) is 11.1 Å². The van der Waals surface area contributed by atoms with Crippen LogP contribution in [-0.2, 0) is 12.8 Å². The fourth-order valence-electron chi connectivity index (χ4n) is 2.73. The van der Waals surface area contributed by atoms with E-state index in [0.29, 0.717) is 5.92 Å². The van der Waals surface area contributed by atoms with E-state index >= 15 is 0 Å². The van der Waals surface area contributed by atoms with Gasteiger partial charge in [0.15, 0.2) is 0 Å². The van der Waals surface area contributed by atoms with Crippen LogP contribution in [0.4, 0.5) is 0 Å². The van der Waals surface area contributed by atoms with Crippen LogP contribution < -0.4 is 0 Å². The van der Waals surface area contributed by atoms with E-state index in [9.17, 15) is 0 Å². The lowest BCUT2D eigenvalue weighted by atomic mass is 9.74. The molecule has 0 N–H and O–H groups in total. The highest BCUT2D eigenvalue weighted by atomic mass is 14.3. The Morgan fingerprint density at radius 1 is 0.739 bits per heavy atom. The van der Waals surface area contributed by atoms with Gasteiger partial charge in [-0.1, -0.05) is 56.9 Å². The van der Waals surface area contributed by atoms with Crippen LogP contribution >= 0.6 is 0 Å². The molecule has 0 aliphatic heterocycles. The van der Waals surface area contributed by atoms with Gasteiger partial charge in [-0.2, -0.15) is 0 Å². The molecule has 0 aromatic heterocycles. The number of hydrogen-bond donors (Lipinski definition) is 0. The van der Waals surface area contributed by atoms with Crippen molar-refractivity contribution >= 4 is 0 Å². The molecule has 0 spiro atoms. The lowest BCUT2D eigenvalue weighted by Crippen LogP contribution is -2.25. The first-order valence-electron chi connectivity index (χ1n) is 8.03. The van der Waals surface area contributed by atoms with Crippen molar-refractivity contribution in [2.75, 3.05) is 0 Å². The van der Waals surface area contributed by atoms with Gasteiger partial charge in [0.25, 0.3) is 0 Å². The highest BCUT2D eigenvalue weighted by Gasteiger charge is 2.25. The zero-order valence-corrected chi connectivity index (χ0v) is 14.3. The number of benzene rings is 2. The van der Waals surface area contributed by atoms with Gasteiger partial charge in [-0.25, -0.2) is 0 Å². The van der Waals surface area contributed by atoms with Crippen molar-refractivity contribution in [1.82, 2.24) is 0 Å². The molecule has 0 nitrogen and oxygen atoms in total. The summed E-state index contributed by atoms with van der Waals surface area (Å²) in [5.74, 6) is 5.90. The number of rotatable bonds is 4. The Kier molecular flexibility index (Phi) is 5.31. The Hall–Kier alpha value is -2.44. The highest BCUT2D eigenvalue weighted by molar-refractivity contribution is 5.35. The molecule has 0 radical (unpaired) electrons. The molecule has 23 heavy (non-hydrogen) atoms. The second-order valence-corrected chi connectivity index (χ2v) is 7.15. The van der Waals surface area contributed by atoms with Gasteiger partial charge in [-0.15, -0.1) is 12.8 Å². The topological polar surface area (TPSA) is 0 Å². The minimum Gasteiger partial charge on any atom is -0.115 e. The third kappa shape index (κ3) is 4.77. The quantitative estimate of drug-likeness (QED) is 0.689. The summed E-state index contributed by atoms with van der Waals surface area (Å²) in [7, 11) is 0. The summed E-state index contributed by atoms with van der Waals surface area (Å²) < 4.78 is 0. The van der Waals surface area contributed by atoms with Gasteiger partial charge in [0.2, 0.25) is 0 Å². The van der Waals surface area contributed by atoms with Crippen LogP contribution in [0.5, 0.6) is 0 Å². The summed E-state index contributed by atoms with van der Waals surface area (Å²) in [5, 5.41) is 0. The maximum atomic E-state index is 5.43. The SMILES string of the molecule is C#Cc1ccc(CC(Cc2ccc(C#C)cc2)C(C)(C)C)cc1. The molecule has 0 unspecified atom stereocenters. The van der Waals surface area contributed by atoms with Gasteiger partial charge in [-0.3, -0.25) is 0 Å². The van der Waals surface area contributed by atoms with Crippen molar-refractivity contribution in [3.8, 4) is 24.7 Å². The van der Waals surface area contributed by atoms with E-state index in [2.05, 4.69) is 56.9 Å². The van der Waals surface area contributed by atoms with Crippen LogP contribution in [-0.4, -0.2) is 0 Å². The predicted molar refractivity (Wildman–Crippen MR) is 99.1 cm³/mol. The smallest absolute Gasteiger partial charge is 0.0242 e. The maximum Gasteiger partial charge on any atom is 0.0242 e. The molecule has 2 aromatic carbocycles. The van der Waals surface area contributed by atoms with Gasteiger partial charge >= 0.3 is 0 Å².